The lowest BCUT2D eigenvalue weighted by Crippen LogP contribution is -2.21. The molecule has 0 aliphatic rings. The predicted molar refractivity (Wildman–Crippen MR) is 107 cm³/mol. The normalized spacial score (nSPS) is 10.3. The Morgan fingerprint density at radius 1 is 1.07 bits per heavy atom. The average Bonchev–Trinajstić information content (AvgIpc) is 3.10. The van der Waals surface area contributed by atoms with Gasteiger partial charge in [-0.3, -0.25) is 4.79 Å². The van der Waals surface area contributed by atoms with E-state index < -0.39 is 5.97 Å². The standard InChI is InChI=1S/C20H16ClNO4S/c1-25-20(24)18-16(13-7-9-14(21)10-8-13)12-27-19(18)22-17(23)11-26-15-5-3-2-4-6-15/h2-10,12H,11H2,1H3,(H,22,23). The molecule has 0 saturated heterocycles. The van der Waals surface area contributed by atoms with Crippen LogP contribution in [0.2, 0.25) is 5.02 Å². The number of carbonyl (C=O) groups is 2. The van der Waals surface area contributed by atoms with E-state index in [-0.39, 0.29) is 12.5 Å². The first-order valence-corrected chi connectivity index (χ1v) is 9.27. The van der Waals surface area contributed by atoms with Crippen molar-refractivity contribution in [1.29, 1.82) is 0 Å². The lowest BCUT2D eigenvalue weighted by atomic mass is 10.0. The fourth-order valence-corrected chi connectivity index (χ4v) is 3.52. The zero-order chi connectivity index (χ0) is 19.2. The van der Waals surface area contributed by atoms with Gasteiger partial charge in [-0.05, 0) is 29.8 Å². The van der Waals surface area contributed by atoms with E-state index in [1.54, 1.807) is 41.8 Å². The van der Waals surface area contributed by atoms with Gasteiger partial charge in [0.1, 0.15) is 16.3 Å². The van der Waals surface area contributed by atoms with Gasteiger partial charge in [-0.25, -0.2) is 4.79 Å². The van der Waals surface area contributed by atoms with Crippen molar-refractivity contribution in [3.05, 3.63) is 70.6 Å². The fraction of sp³-hybridized carbons (Fsp3) is 0.100. The summed E-state index contributed by atoms with van der Waals surface area (Å²) in [6.07, 6.45) is 0. The smallest absolute Gasteiger partial charge is 0.341 e. The van der Waals surface area contributed by atoms with E-state index in [0.29, 0.717) is 26.9 Å². The van der Waals surface area contributed by atoms with Crippen molar-refractivity contribution in [3.63, 3.8) is 0 Å². The number of amides is 1. The number of rotatable bonds is 6. The van der Waals surface area contributed by atoms with Crippen LogP contribution in [-0.2, 0) is 9.53 Å². The van der Waals surface area contributed by atoms with Crippen LogP contribution < -0.4 is 10.1 Å². The van der Waals surface area contributed by atoms with Gasteiger partial charge < -0.3 is 14.8 Å². The predicted octanol–water partition coefficient (Wildman–Crippen LogP) is 4.87. The summed E-state index contributed by atoms with van der Waals surface area (Å²) in [6, 6.07) is 16.1. The second-order valence-corrected chi connectivity index (χ2v) is 6.82. The Bertz CT molecular complexity index is 938. The Kier molecular flexibility index (Phi) is 6.11. The van der Waals surface area contributed by atoms with E-state index >= 15 is 0 Å². The van der Waals surface area contributed by atoms with Gasteiger partial charge in [-0.2, -0.15) is 0 Å². The highest BCUT2D eigenvalue weighted by Crippen LogP contribution is 2.36. The summed E-state index contributed by atoms with van der Waals surface area (Å²) in [5.74, 6) is -0.303. The zero-order valence-corrected chi connectivity index (χ0v) is 16.0. The van der Waals surface area contributed by atoms with Gasteiger partial charge in [0.25, 0.3) is 5.91 Å². The third-order valence-corrected chi connectivity index (χ3v) is 4.85. The number of benzene rings is 2. The van der Waals surface area contributed by atoms with E-state index in [4.69, 9.17) is 21.1 Å². The molecular weight excluding hydrogens is 386 g/mol. The largest absolute Gasteiger partial charge is 0.484 e. The first-order valence-electron chi connectivity index (χ1n) is 8.02. The van der Waals surface area contributed by atoms with Crippen LogP contribution >= 0.6 is 22.9 Å². The Labute approximate surface area is 165 Å². The molecule has 5 nitrogen and oxygen atoms in total. The summed E-state index contributed by atoms with van der Waals surface area (Å²) >= 11 is 7.18. The van der Waals surface area contributed by atoms with Gasteiger partial charge in [0.2, 0.25) is 0 Å². The molecule has 0 spiro atoms. The number of nitrogens with one attached hydrogen (secondary N) is 1. The second-order valence-electron chi connectivity index (χ2n) is 5.50. The molecule has 138 valence electrons. The Hall–Kier alpha value is -2.83. The topological polar surface area (TPSA) is 64.6 Å². The minimum atomic E-state index is -0.527. The van der Waals surface area contributed by atoms with E-state index in [9.17, 15) is 9.59 Å². The number of methoxy groups -OCH3 is 1. The second kappa shape index (κ2) is 8.70. The molecule has 1 aromatic heterocycles. The minimum Gasteiger partial charge on any atom is -0.484 e. The number of thiophene rings is 1. The number of esters is 1. The van der Waals surface area contributed by atoms with Crippen LogP contribution in [0.25, 0.3) is 11.1 Å². The van der Waals surface area contributed by atoms with Crippen LogP contribution in [-0.4, -0.2) is 25.6 Å². The first-order chi connectivity index (χ1) is 13.1. The van der Waals surface area contributed by atoms with Crippen molar-refractivity contribution in [2.24, 2.45) is 0 Å². The number of halogens is 1. The summed E-state index contributed by atoms with van der Waals surface area (Å²) in [4.78, 5) is 24.5. The molecule has 0 unspecified atom stereocenters. The van der Waals surface area contributed by atoms with Gasteiger partial charge in [0.05, 0.1) is 7.11 Å². The number of anilines is 1. The van der Waals surface area contributed by atoms with E-state index in [2.05, 4.69) is 5.32 Å². The monoisotopic (exact) mass is 401 g/mol. The van der Waals surface area contributed by atoms with E-state index in [0.717, 1.165) is 5.56 Å². The zero-order valence-electron chi connectivity index (χ0n) is 14.4. The molecule has 0 fully saturated rings. The van der Waals surface area contributed by atoms with Crippen molar-refractivity contribution in [3.8, 4) is 16.9 Å². The van der Waals surface area contributed by atoms with Gasteiger partial charge in [0, 0.05) is 16.0 Å². The Balaban J connectivity index is 1.79. The first kappa shape index (κ1) is 18.9. The van der Waals surface area contributed by atoms with Gasteiger partial charge >= 0.3 is 5.97 Å². The molecule has 2 aromatic carbocycles. The minimum absolute atomic E-state index is 0.168. The molecule has 1 amide bonds. The highest BCUT2D eigenvalue weighted by atomic mass is 35.5. The number of hydrogen-bond donors (Lipinski definition) is 1. The van der Waals surface area contributed by atoms with Crippen molar-refractivity contribution in [2.45, 2.75) is 0 Å². The summed E-state index contributed by atoms with van der Waals surface area (Å²) in [7, 11) is 1.30. The molecule has 0 atom stereocenters. The molecule has 1 N–H and O–H groups in total. The number of carbonyl (C=O) groups excluding carboxylic acids is 2. The maximum absolute atomic E-state index is 12.3. The third-order valence-electron chi connectivity index (χ3n) is 3.70. The third kappa shape index (κ3) is 4.67. The van der Waals surface area contributed by atoms with Gasteiger partial charge in [0.15, 0.2) is 6.61 Å². The summed E-state index contributed by atoms with van der Waals surface area (Å²) in [5.41, 5.74) is 1.78. The highest BCUT2D eigenvalue weighted by Gasteiger charge is 2.22. The average molecular weight is 402 g/mol. The molecule has 0 radical (unpaired) electrons. The molecule has 7 heteroatoms. The van der Waals surface area contributed by atoms with E-state index in [1.807, 2.05) is 18.2 Å². The van der Waals surface area contributed by atoms with Crippen molar-refractivity contribution in [1.82, 2.24) is 0 Å². The van der Waals surface area contributed by atoms with Crippen LogP contribution in [0.4, 0.5) is 5.00 Å². The summed E-state index contributed by atoms with van der Waals surface area (Å²) in [6.45, 7) is -0.168. The summed E-state index contributed by atoms with van der Waals surface area (Å²) < 4.78 is 10.3. The van der Waals surface area contributed by atoms with E-state index in [1.165, 1.54) is 18.4 Å². The van der Waals surface area contributed by atoms with Gasteiger partial charge in [-0.15, -0.1) is 11.3 Å². The number of para-hydroxylation sites is 1. The van der Waals surface area contributed by atoms with Crippen LogP contribution in [0.3, 0.4) is 0 Å². The van der Waals surface area contributed by atoms with Crippen molar-refractivity contribution in [2.75, 3.05) is 19.0 Å². The molecule has 27 heavy (non-hydrogen) atoms. The van der Waals surface area contributed by atoms with Crippen molar-refractivity contribution >= 4 is 39.8 Å². The van der Waals surface area contributed by atoms with Crippen molar-refractivity contribution < 1.29 is 19.1 Å². The molecule has 3 aromatic rings. The van der Waals surface area contributed by atoms with Gasteiger partial charge in [-0.1, -0.05) is 41.9 Å². The van der Waals surface area contributed by atoms with Crippen LogP contribution in [0, 0.1) is 0 Å². The Morgan fingerprint density at radius 3 is 2.44 bits per heavy atom. The quantitative estimate of drug-likeness (QED) is 0.598. The van der Waals surface area contributed by atoms with Crippen LogP contribution in [0.15, 0.2) is 60.0 Å². The molecular formula is C20H16ClNO4S. The lowest BCUT2D eigenvalue weighted by molar-refractivity contribution is -0.118. The molecule has 0 saturated carbocycles. The lowest BCUT2D eigenvalue weighted by Gasteiger charge is -2.09. The van der Waals surface area contributed by atoms with Crippen LogP contribution in [0.5, 0.6) is 5.75 Å². The fourth-order valence-electron chi connectivity index (χ4n) is 2.42. The number of hydrogen-bond acceptors (Lipinski definition) is 5. The summed E-state index contributed by atoms with van der Waals surface area (Å²) in [5, 5.41) is 5.53. The molecule has 0 aliphatic heterocycles. The molecule has 3 rings (SSSR count). The Morgan fingerprint density at radius 2 is 1.78 bits per heavy atom. The van der Waals surface area contributed by atoms with Crippen LogP contribution in [0.1, 0.15) is 10.4 Å². The maximum atomic E-state index is 12.3. The molecule has 1 heterocycles. The number of ether oxygens (including phenoxy) is 2. The highest BCUT2D eigenvalue weighted by molar-refractivity contribution is 7.15. The molecule has 0 aliphatic carbocycles. The SMILES string of the molecule is COC(=O)c1c(-c2ccc(Cl)cc2)csc1NC(=O)COc1ccccc1. The maximum Gasteiger partial charge on any atom is 0.341 e. The molecule has 0 bridgehead atoms.